The van der Waals surface area contributed by atoms with Crippen LogP contribution in [-0.2, 0) is 0 Å². The third kappa shape index (κ3) is 3.92. The summed E-state index contributed by atoms with van der Waals surface area (Å²) >= 11 is 15.9. The van der Waals surface area contributed by atoms with Gasteiger partial charge in [0.2, 0.25) is 0 Å². The van der Waals surface area contributed by atoms with Gasteiger partial charge in [-0.05, 0) is 42.2 Å². The predicted octanol–water partition coefficient (Wildman–Crippen LogP) is 8.17. The molecule has 0 aliphatic rings. The Morgan fingerprint density at radius 2 is 1.48 bits per heavy atom. The molecule has 0 amide bonds. The summed E-state index contributed by atoms with van der Waals surface area (Å²) in [5.74, 6) is 0. The molecular weight excluding hydrogens is 413 g/mol. The van der Waals surface area contributed by atoms with Crippen molar-refractivity contribution >= 4 is 46.3 Å². The number of thioether (sulfide) groups is 1. The smallest absolute Gasteiger partial charge is 0.126 e. The second-order valence-electron chi connectivity index (χ2n) is 5.91. The van der Waals surface area contributed by atoms with Gasteiger partial charge in [0, 0.05) is 21.0 Å². The van der Waals surface area contributed by atoms with Gasteiger partial charge in [-0.3, -0.25) is 0 Å². The highest BCUT2D eigenvalue weighted by molar-refractivity contribution is 7.98. The number of benzene rings is 3. The standard InChI is InChI=1S/C22H15Cl2NS2/c1-26-17-12-8-15(9-13-17)21-20(14-6-10-16(23)11-7-14)25-22(27-21)18-4-2-3-5-19(18)24/h2-13H,1H3. The van der Waals surface area contributed by atoms with Gasteiger partial charge < -0.3 is 0 Å². The molecule has 0 unspecified atom stereocenters. The topological polar surface area (TPSA) is 12.9 Å². The van der Waals surface area contributed by atoms with E-state index >= 15 is 0 Å². The fraction of sp³-hybridized carbons (Fsp3) is 0.0455. The maximum atomic E-state index is 6.42. The Kier molecular flexibility index (Phi) is 5.55. The van der Waals surface area contributed by atoms with E-state index in [0.717, 1.165) is 32.3 Å². The summed E-state index contributed by atoms with van der Waals surface area (Å²) in [4.78, 5) is 7.31. The Bertz CT molecular complexity index is 1070. The van der Waals surface area contributed by atoms with Crippen LogP contribution in [-0.4, -0.2) is 11.2 Å². The maximum absolute atomic E-state index is 6.42. The predicted molar refractivity (Wildman–Crippen MR) is 120 cm³/mol. The Hall–Kier alpha value is -1.78. The Balaban J connectivity index is 1.89. The number of halogens is 2. The average molecular weight is 428 g/mol. The molecule has 0 aliphatic carbocycles. The molecule has 0 saturated carbocycles. The van der Waals surface area contributed by atoms with Crippen LogP contribution in [0.25, 0.3) is 32.3 Å². The Labute approximate surface area is 177 Å². The number of nitrogens with zero attached hydrogens (tertiary/aromatic N) is 1. The minimum atomic E-state index is 0.707. The molecule has 0 radical (unpaired) electrons. The van der Waals surface area contributed by atoms with Crippen molar-refractivity contribution in [1.82, 2.24) is 4.98 Å². The maximum Gasteiger partial charge on any atom is 0.126 e. The lowest BCUT2D eigenvalue weighted by atomic mass is 10.1. The van der Waals surface area contributed by atoms with Crippen LogP contribution in [0.15, 0.2) is 77.7 Å². The fourth-order valence-corrected chi connectivity index (χ4v) is 4.76. The summed E-state index contributed by atoms with van der Waals surface area (Å²) in [5, 5.41) is 2.33. The molecule has 0 aliphatic heterocycles. The lowest BCUT2D eigenvalue weighted by Gasteiger charge is -2.04. The van der Waals surface area contributed by atoms with Gasteiger partial charge in [-0.25, -0.2) is 4.98 Å². The van der Waals surface area contributed by atoms with Crippen LogP contribution in [0.3, 0.4) is 0 Å². The van der Waals surface area contributed by atoms with Crippen molar-refractivity contribution in [2.75, 3.05) is 6.26 Å². The second-order valence-corrected chi connectivity index (χ2v) is 8.63. The van der Waals surface area contributed by atoms with Gasteiger partial charge in [0.25, 0.3) is 0 Å². The molecule has 4 aromatic rings. The SMILES string of the molecule is CSc1ccc(-c2sc(-c3ccccc3Cl)nc2-c2ccc(Cl)cc2)cc1. The number of hydrogen-bond donors (Lipinski definition) is 0. The van der Waals surface area contributed by atoms with Crippen LogP contribution in [0.4, 0.5) is 0 Å². The van der Waals surface area contributed by atoms with E-state index in [-0.39, 0.29) is 0 Å². The first-order chi connectivity index (χ1) is 13.2. The molecule has 1 nitrogen and oxygen atoms in total. The number of hydrogen-bond acceptors (Lipinski definition) is 3. The highest BCUT2D eigenvalue weighted by Crippen LogP contribution is 2.42. The molecule has 0 saturated heterocycles. The summed E-state index contributed by atoms with van der Waals surface area (Å²) < 4.78 is 0. The molecule has 1 aromatic heterocycles. The molecule has 0 bridgehead atoms. The van der Waals surface area contributed by atoms with Crippen LogP contribution in [0.1, 0.15) is 0 Å². The number of rotatable bonds is 4. The van der Waals surface area contributed by atoms with E-state index < -0.39 is 0 Å². The van der Waals surface area contributed by atoms with Gasteiger partial charge in [0.05, 0.1) is 15.6 Å². The summed E-state index contributed by atoms with van der Waals surface area (Å²) in [6.07, 6.45) is 2.08. The molecule has 4 rings (SSSR count). The van der Waals surface area contributed by atoms with Crippen molar-refractivity contribution < 1.29 is 0 Å². The zero-order chi connectivity index (χ0) is 18.8. The number of aromatic nitrogens is 1. The monoisotopic (exact) mass is 427 g/mol. The molecule has 0 N–H and O–H groups in total. The van der Waals surface area contributed by atoms with Crippen LogP contribution in [0.5, 0.6) is 0 Å². The minimum Gasteiger partial charge on any atom is -0.235 e. The van der Waals surface area contributed by atoms with Crippen LogP contribution in [0.2, 0.25) is 10.0 Å². The normalized spacial score (nSPS) is 10.9. The van der Waals surface area contributed by atoms with Gasteiger partial charge in [-0.15, -0.1) is 23.1 Å². The molecule has 0 fully saturated rings. The van der Waals surface area contributed by atoms with E-state index in [4.69, 9.17) is 28.2 Å². The first kappa shape index (κ1) is 18.6. The van der Waals surface area contributed by atoms with E-state index in [1.807, 2.05) is 48.5 Å². The van der Waals surface area contributed by atoms with E-state index in [1.54, 1.807) is 23.1 Å². The lowest BCUT2D eigenvalue weighted by molar-refractivity contribution is 1.39. The quantitative estimate of drug-likeness (QED) is 0.304. The van der Waals surface area contributed by atoms with Gasteiger partial charge in [-0.2, -0.15) is 0 Å². The molecule has 0 spiro atoms. The van der Waals surface area contributed by atoms with E-state index in [0.29, 0.717) is 10.0 Å². The fourth-order valence-electron chi connectivity index (χ4n) is 2.81. The van der Waals surface area contributed by atoms with Crippen molar-refractivity contribution in [2.45, 2.75) is 4.90 Å². The molecule has 134 valence electrons. The van der Waals surface area contributed by atoms with E-state index in [2.05, 4.69) is 30.5 Å². The Morgan fingerprint density at radius 1 is 0.815 bits per heavy atom. The van der Waals surface area contributed by atoms with Gasteiger partial charge in [0.15, 0.2) is 0 Å². The molecular formula is C22H15Cl2NS2. The highest BCUT2D eigenvalue weighted by atomic mass is 35.5. The van der Waals surface area contributed by atoms with Crippen LogP contribution < -0.4 is 0 Å². The van der Waals surface area contributed by atoms with Crippen molar-refractivity contribution in [1.29, 1.82) is 0 Å². The van der Waals surface area contributed by atoms with Crippen LogP contribution in [0, 0.1) is 0 Å². The van der Waals surface area contributed by atoms with Crippen molar-refractivity contribution in [3.05, 3.63) is 82.8 Å². The average Bonchev–Trinajstić information content (AvgIpc) is 3.14. The van der Waals surface area contributed by atoms with Crippen molar-refractivity contribution in [3.63, 3.8) is 0 Å². The summed E-state index contributed by atoms with van der Waals surface area (Å²) in [7, 11) is 0. The summed E-state index contributed by atoms with van der Waals surface area (Å²) in [6, 6.07) is 24.2. The zero-order valence-corrected chi connectivity index (χ0v) is 17.6. The lowest BCUT2D eigenvalue weighted by Crippen LogP contribution is -1.83. The zero-order valence-electron chi connectivity index (χ0n) is 14.4. The first-order valence-corrected chi connectivity index (χ1v) is 11.1. The Morgan fingerprint density at radius 3 is 2.15 bits per heavy atom. The largest absolute Gasteiger partial charge is 0.235 e. The van der Waals surface area contributed by atoms with E-state index in [9.17, 15) is 0 Å². The molecule has 0 atom stereocenters. The second kappa shape index (κ2) is 8.07. The molecule has 3 aromatic carbocycles. The summed E-state index contributed by atoms with van der Waals surface area (Å²) in [6.45, 7) is 0. The van der Waals surface area contributed by atoms with Crippen molar-refractivity contribution in [3.8, 4) is 32.3 Å². The van der Waals surface area contributed by atoms with Gasteiger partial charge in [0.1, 0.15) is 5.01 Å². The van der Waals surface area contributed by atoms with Crippen molar-refractivity contribution in [2.24, 2.45) is 0 Å². The van der Waals surface area contributed by atoms with Crippen LogP contribution >= 0.6 is 46.3 Å². The molecule has 1 heterocycles. The minimum absolute atomic E-state index is 0.707. The van der Waals surface area contributed by atoms with E-state index in [1.165, 1.54) is 4.90 Å². The molecule has 27 heavy (non-hydrogen) atoms. The third-order valence-electron chi connectivity index (χ3n) is 4.20. The van der Waals surface area contributed by atoms with Gasteiger partial charge >= 0.3 is 0 Å². The number of thiazole rings is 1. The van der Waals surface area contributed by atoms with Gasteiger partial charge in [-0.1, -0.05) is 65.7 Å². The molecule has 5 heteroatoms. The third-order valence-corrected chi connectivity index (χ3v) is 6.66. The first-order valence-electron chi connectivity index (χ1n) is 8.32. The summed E-state index contributed by atoms with van der Waals surface area (Å²) in [5.41, 5.74) is 4.08. The highest BCUT2D eigenvalue weighted by Gasteiger charge is 2.17.